The zero-order valence-corrected chi connectivity index (χ0v) is 12.2. The van der Waals surface area contributed by atoms with Gasteiger partial charge in [-0.15, -0.1) is 6.58 Å². The summed E-state index contributed by atoms with van der Waals surface area (Å²) in [4.78, 5) is 12.8. The van der Waals surface area contributed by atoms with Crippen molar-refractivity contribution in [3.8, 4) is 0 Å². The number of allylic oxidation sites excluding steroid dienone is 1. The molecular weight excluding hydrogens is 282 g/mol. The summed E-state index contributed by atoms with van der Waals surface area (Å²) in [6.07, 6.45) is 3.69. The Balaban J connectivity index is 2.19. The van der Waals surface area contributed by atoms with Crippen LogP contribution in [0, 0.1) is 0 Å². The summed E-state index contributed by atoms with van der Waals surface area (Å²) in [6.45, 7) is 4.43. The monoisotopic (exact) mass is 295 g/mol. The molecule has 0 bridgehead atoms. The zero-order valence-electron chi connectivity index (χ0n) is 11.4. The van der Waals surface area contributed by atoms with Crippen LogP contribution in [0.25, 0.3) is 10.9 Å². The topological polar surface area (TPSA) is 22.0 Å². The van der Waals surface area contributed by atoms with Crippen LogP contribution in [-0.2, 0) is 6.54 Å². The number of hydrogen-bond acceptors (Lipinski definition) is 1. The molecule has 0 aliphatic rings. The number of halogens is 1. The predicted octanol–water partition coefficient (Wildman–Crippen LogP) is 4.71. The molecule has 3 aromatic rings. The minimum Gasteiger partial charge on any atom is -0.343 e. The molecule has 0 N–H and O–H groups in total. The normalized spacial score (nSPS) is 10.7. The first-order valence-corrected chi connectivity index (χ1v) is 7.08. The van der Waals surface area contributed by atoms with Crippen LogP contribution in [0.2, 0.25) is 5.02 Å². The van der Waals surface area contributed by atoms with E-state index in [4.69, 9.17) is 11.6 Å². The van der Waals surface area contributed by atoms with Gasteiger partial charge in [-0.25, -0.2) is 0 Å². The van der Waals surface area contributed by atoms with Crippen molar-refractivity contribution in [2.24, 2.45) is 0 Å². The molecule has 0 radical (unpaired) electrons. The molecule has 0 aliphatic heterocycles. The van der Waals surface area contributed by atoms with Crippen molar-refractivity contribution >= 4 is 28.3 Å². The number of rotatable bonds is 4. The molecule has 1 heterocycles. The van der Waals surface area contributed by atoms with Crippen LogP contribution in [-0.4, -0.2) is 10.4 Å². The van der Waals surface area contributed by atoms with Crippen molar-refractivity contribution in [2.75, 3.05) is 0 Å². The average Bonchev–Trinajstić information content (AvgIpc) is 2.87. The second kappa shape index (κ2) is 5.58. The highest BCUT2D eigenvalue weighted by Crippen LogP contribution is 2.26. The predicted molar refractivity (Wildman–Crippen MR) is 87.0 cm³/mol. The highest BCUT2D eigenvalue weighted by molar-refractivity contribution is 6.35. The van der Waals surface area contributed by atoms with Crippen molar-refractivity contribution in [1.82, 2.24) is 4.57 Å². The number of hydrogen-bond donors (Lipinski definition) is 0. The van der Waals surface area contributed by atoms with E-state index in [1.807, 2.05) is 53.2 Å². The van der Waals surface area contributed by atoms with E-state index in [9.17, 15) is 4.79 Å². The van der Waals surface area contributed by atoms with Gasteiger partial charge in [-0.1, -0.05) is 48.0 Å². The lowest BCUT2D eigenvalue weighted by molar-refractivity contribution is 0.104. The van der Waals surface area contributed by atoms with Gasteiger partial charge in [-0.2, -0.15) is 0 Å². The Morgan fingerprint density at radius 2 is 1.81 bits per heavy atom. The summed E-state index contributed by atoms with van der Waals surface area (Å²) in [7, 11) is 0. The second-order valence-electron chi connectivity index (χ2n) is 4.81. The number of fused-ring (bicyclic) bond motifs is 1. The molecule has 2 aromatic carbocycles. The number of carbonyl (C=O) groups excluding carboxylic acids is 1. The quantitative estimate of drug-likeness (QED) is 0.504. The lowest BCUT2D eigenvalue weighted by atomic mass is 10.0. The minimum atomic E-state index is -0.0559. The van der Waals surface area contributed by atoms with Crippen LogP contribution in [0.3, 0.4) is 0 Å². The standard InChI is InChI=1S/C18H14ClNO/c1-2-11-20-12-15(13-7-4-6-10-17(13)20)18(21)14-8-3-5-9-16(14)19/h2-10,12H,1,11H2. The highest BCUT2D eigenvalue weighted by Gasteiger charge is 2.17. The Labute approximate surface area is 128 Å². The second-order valence-corrected chi connectivity index (χ2v) is 5.22. The Hall–Kier alpha value is -2.32. The Morgan fingerprint density at radius 1 is 1.10 bits per heavy atom. The molecule has 0 aliphatic carbocycles. The molecule has 0 atom stereocenters. The van der Waals surface area contributed by atoms with Gasteiger partial charge in [0.15, 0.2) is 5.78 Å². The molecule has 0 fully saturated rings. The maximum Gasteiger partial charge on any atom is 0.196 e. The van der Waals surface area contributed by atoms with Crippen molar-refractivity contribution in [2.45, 2.75) is 6.54 Å². The number of benzene rings is 2. The summed E-state index contributed by atoms with van der Waals surface area (Å²) >= 11 is 6.14. The molecule has 2 nitrogen and oxygen atoms in total. The van der Waals surface area contributed by atoms with Crippen molar-refractivity contribution < 1.29 is 4.79 Å². The van der Waals surface area contributed by atoms with Crippen LogP contribution < -0.4 is 0 Å². The third-order valence-corrected chi connectivity index (χ3v) is 3.81. The molecule has 21 heavy (non-hydrogen) atoms. The van der Waals surface area contributed by atoms with E-state index in [0.29, 0.717) is 22.7 Å². The number of ketones is 1. The highest BCUT2D eigenvalue weighted by atomic mass is 35.5. The first kappa shape index (κ1) is 13.7. The maximum atomic E-state index is 12.8. The lowest BCUT2D eigenvalue weighted by Crippen LogP contribution is -2.01. The third kappa shape index (κ3) is 2.39. The van der Waals surface area contributed by atoms with Crippen LogP contribution >= 0.6 is 11.6 Å². The van der Waals surface area contributed by atoms with Gasteiger partial charge in [0.25, 0.3) is 0 Å². The molecule has 0 unspecified atom stereocenters. The van der Waals surface area contributed by atoms with Crippen LogP contribution in [0.1, 0.15) is 15.9 Å². The largest absolute Gasteiger partial charge is 0.343 e. The van der Waals surface area contributed by atoms with E-state index >= 15 is 0 Å². The van der Waals surface area contributed by atoms with Gasteiger partial charge in [0.2, 0.25) is 0 Å². The fraction of sp³-hybridized carbons (Fsp3) is 0.0556. The third-order valence-electron chi connectivity index (χ3n) is 3.48. The summed E-state index contributed by atoms with van der Waals surface area (Å²) in [5.74, 6) is -0.0559. The van der Waals surface area contributed by atoms with Gasteiger partial charge in [0, 0.05) is 34.8 Å². The average molecular weight is 296 g/mol. The molecule has 104 valence electrons. The molecular formula is C18H14ClNO. The van der Waals surface area contributed by atoms with Gasteiger partial charge in [-0.05, 0) is 18.2 Å². The molecule has 1 aromatic heterocycles. The van der Waals surface area contributed by atoms with Crippen molar-refractivity contribution in [3.63, 3.8) is 0 Å². The summed E-state index contributed by atoms with van der Waals surface area (Å²) in [5.41, 5.74) is 2.22. The van der Waals surface area contributed by atoms with E-state index in [0.717, 1.165) is 10.9 Å². The number of para-hydroxylation sites is 1. The maximum absolute atomic E-state index is 12.8. The molecule has 3 heteroatoms. The zero-order chi connectivity index (χ0) is 14.8. The summed E-state index contributed by atoms with van der Waals surface area (Å²) < 4.78 is 2.02. The first-order chi connectivity index (χ1) is 10.2. The summed E-state index contributed by atoms with van der Waals surface area (Å²) in [6, 6.07) is 15.0. The van der Waals surface area contributed by atoms with Gasteiger partial charge in [-0.3, -0.25) is 4.79 Å². The van der Waals surface area contributed by atoms with Gasteiger partial charge < -0.3 is 4.57 Å². The Kier molecular flexibility index (Phi) is 3.63. The fourth-order valence-corrected chi connectivity index (χ4v) is 2.73. The number of carbonyl (C=O) groups is 1. The Morgan fingerprint density at radius 3 is 2.57 bits per heavy atom. The first-order valence-electron chi connectivity index (χ1n) is 6.70. The van der Waals surface area contributed by atoms with Gasteiger partial charge in [0.1, 0.15) is 0 Å². The van der Waals surface area contributed by atoms with E-state index in [1.54, 1.807) is 12.1 Å². The van der Waals surface area contributed by atoms with Crippen LogP contribution in [0.5, 0.6) is 0 Å². The number of nitrogens with zero attached hydrogens (tertiary/aromatic N) is 1. The van der Waals surface area contributed by atoms with E-state index in [1.165, 1.54) is 0 Å². The fourth-order valence-electron chi connectivity index (χ4n) is 2.51. The smallest absolute Gasteiger partial charge is 0.196 e. The minimum absolute atomic E-state index is 0.0559. The number of aromatic nitrogens is 1. The summed E-state index contributed by atoms with van der Waals surface area (Å²) in [5, 5.41) is 1.41. The molecule has 0 spiro atoms. The van der Waals surface area contributed by atoms with E-state index < -0.39 is 0 Å². The van der Waals surface area contributed by atoms with Crippen molar-refractivity contribution in [1.29, 1.82) is 0 Å². The van der Waals surface area contributed by atoms with Crippen LogP contribution in [0.4, 0.5) is 0 Å². The van der Waals surface area contributed by atoms with E-state index in [2.05, 4.69) is 6.58 Å². The molecule has 0 saturated carbocycles. The van der Waals surface area contributed by atoms with Crippen molar-refractivity contribution in [3.05, 3.63) is 83.5 Å². The molecule has 3 rings (SSSR count). The van der Waals surface area contributed by atoms with Crippen LogP contribution in [0.15, 0.2) is 67.4 Å². The SMILES string of the molecule is C=CCn1cc(C(=O)c2ccccc2Cl)c2ccccc21. The lowest BCUT2D eigenvalue weighted by Gasteiger charge is -2.01. The van der Waals surface area contributed by atoms with E-state index in [-0.39, 0.29) is 5.78 Å². The molecule has 0 amide bonds. The Bertz CT molecular complexity index is 832. The molecule has 0 saturated heterocycles. The van der Waals surface area contributed by atoms with Gasteiger partial charge in [0.05, 0.1) is 5.02 Å². The van der Waals surface area contributed by atoms with Gasteiger partial charge >= 0.3 is 0 Å².